The quantitative estimate of drug-likeness (QED) is 0.622. The Morgan fingerprint density at radius 2 is 2.11 bits per heavy atom. The van der Waals surface area contributed by atoms with E-state index in [1.807, 2.05) is 30.0 Å². The minimum atomic E-state index is -0.227. The molecule has 0 saturated heterocycles. The maximum absolute atomic E-state index is 11.9. The van der Waals surface area contributed by atoms with E-state index in [2.05, 4.69) is 15.4 Å². The van der Waals surface area contributed by atoms with Crippen LogP contribution in [0.25, 0.3) is 5.13 Å². The molecule has 0 aliphatic rings. The first-order valence-electron chi connectivity index (χ1n) is 8.25. The predicted molar refractivity (Wildman–Crippen MR) is 107 cm³/mol. The van der Waals surface area contributed by atoms with Gasteiger partial charge in [0, 0.05) is 29.1 Å². The average molecular weight is 425 g/mol. The van der Waals surface area contributed by atoms with Crippen molar-refractivity contribution in [2.75, 3.05) is 13.2 Å². The third-order valence-corrected chi connectivity index (χ3v) is 5.08. The maximum atomic E-state index is 11.9. The van der Waals surface area contributed by atoms with Crippen LogP contribution in [0.15, 0.2) is 29.6 Å². The molecular formula is C18H18Cl2N4O2S. The van der Waals surface area contributed by atoms with Gasteiger partial charge in [0.05, 0.1) is 16.4 Å². The fraction of sp³-hybridized carbons (Fsp3) is 0.278. The van der Waals surface area contributed by atoms with Crippen LogP contribution in [-0.2, 0) is 11.2 Å². The monoisotopic (exact) mass is 424 g/mol. The number of carbonyl (C=O) groups is 1. The van der Waals surface area contributed by atoms with E-state index in [1.54, 1.807) is 18.2 Å². The van der Waals surface area contributed by atoms with E-state index < -0.39 is 0 Å². The molecular weight excluding hydrogens is 407 g/mol. The average Bonchev–Trinajstić information content (AvgIpc) is 3.20. The van der Waals surface area contributed by atoms with Crippen molar-refractivity contribution in [3.63, 3.8) is 0 Å². The van der Waals surface area contributed by atoms with Gasteiger partial charge in [-0.25, -0.2) is 9.67 Å². The molecule has 0 aliphatic carbocycles. The lowest BCUT2D eigenvalue weighted by atomic mass is 10.3. The van der Waals surface area contributed by atoms with E-state index in [1.165, 1.54) is 11.3 Å². The molecule has 1 aromatic carbocycles. The van der Waals surface area contributed by atoms with Crippen molar-refractivity contribution in [3.8, 4) is 10.9 Å². The van der Waals surface area contributed by atoms with E-state index in [4.69, 9.17) is 27.9 Å². The molecule has 3 rings (SSSR count). The molecule has 0 atom stereocenters. The number of halogens is 2. The molecule has 0 fully saturated rings. The molecule has 0 unspecified atom stereocenters. The number of amides is 1. The lowest BCUT2D eigenvalue weighted by Gasteiger charge is -2.08. The number of carbonyl (C=O) groups excluding carboxylic acids is 1. The fourth-order valence-electron chi connectivity index (χ4n) is 2.45. The summed E-state index contributed by atoms with van der Waals surface area (Å²) >= 11 is 13.4. The number of hydrogen-bond donors (Lipinski definition) is 1. The number of ether oxygens (including phenoxy) is 1. The van der Waals surface area contributed by atoms with Gasteiger partial charge in [0.15, 0.2) is 6.61 Å². The van der Waals surface area contributed by atoms with Crippen LogP contribution in [0.3, 0.4) is 0 Å². The zero-order valence-corrected chi connectivity index (χ0v) is 17.2. The number of thiazole rings is 1. The van der Waals surface area contributed by atoms with E-state index in [0.717, 1.165) is 22.2 Å². The van der Waals surface area contributed by atoms with Crippen LogP contribution in [0.2, 0.25) is 10.0 Å². The highest BCUT2D eigenvalue weighted by molar-refractivity contribution is 7.12. The van der Waals surface area contributed by atoms with Crippen molar-refractivity contribution in [2.45, 2.75) is 20.3 Å². The number of benzene rings is 1. The molecule has 6 nitrogen and oxygen atoms in total. The summed E-state index contributed by atoms with van der Waals surface area (Å²) in [5, 5.41) is 10.9. The second kappa shape index (κ2) is 8.73. The van der Waals surface area contributed by atoms with E-state index >= 15 is 0 Å². The number of rotatable bonds is 7. The molecule has 0 aliphatic heterocycles. The van der Waals surface area contributed by atoms with Gasteiger partial charge in [0.2, 0.25) is 5.13 Å². The SMILES string of the molecule is Cc1cc(C)n(-c2nc(CCNC(=O)COc3ccc(Cl)cc3Cl)cs2)n1. The number of aromatic nitrogens is 3. The Labute approximate surface area is 171 Å². The lowest BCUT2D eigenvalue weighted by molar-refractivity contribution is -0.123. The molecule has 0 spiro atoms. The summed E-state index contributed by atoms with van der Waals surface area (Å²) < 4.78 is 7.23. The van der Waals surface area contributed by atoms with Gasteiger partial charge in [0.1, 0.15) is 5.75 Å². The minimum Gasteiger partial charge on any atom is -0.482 e. The van der Waals surface area contributed by atoms with Crippen LogP contribution in [-0.4, -0.2) is 33.8 Å². The van der Waals surface area contributed by atoms with Gasteiger partial charge >= 0.3 is 0 Å². The Hall–Kier alpha value is -2.09. The number of aryl methyl sites for hydroxylation is 2. The number of nitrogens with one attached hydrogen (secondary N) is 1. The van der Waals surface area contributed by atoms with Crippen molar-refractivity contribution in [1.82, 2.24) is 20.1 Å². The van der Waals surface area contributed by atoms with Crippen LogP contribution in [0.5, 0.6) is 5.75 Å². The molecule has 27 heavy (non-hydrogen) atoms. The molecule has 142 valence electrons. The summed E-state index contributed by atoms with van der Waals surface area (Å²) in [4.78, 5) is 16.5. The third-order valence-electron chi connectivity index (χ3n) is 3.69. The highest BCUT2D eigenvalue weighted by Crippen LogP contribution is 2.27. The van der Waals surface area contributed by atoms with Crippen molar-refractivity contribution in [2.24, 2.45) is 0 Å². The van der Waals surface area contributed by atoms with Crippen LogP contribution in [0.4, 0.5) is 0 Å². The van der Waals surface area contributed by atoms with Gasteiger partial charge in [-0.15, -0.1) is 11.3 Å². The Morgan fingerprint density at radius 1 is 1.30 bits per heavy atom. The minimum absolute atomic E-state index is 0.116. The van der Waals surface area contributed by atoms with Gasteiger partial charge in [-0.1, -0.05) is 23.2 Å². The van der Waals surface area contributed by atoms with E-state index in [-0.39, 0.29) is 12.5 Å². The van der Waals surface area contributed by atoms with Gasteiger partial charge in [-0.2, -0.15) is 5.10 Å². The van der Waals surface area contributed by atoms with Gasteiger partial charge < -0.3 is 10.1 Å². The third kappa shape index (κ3) is 5.22. The number of nitrogens with zero attached hydrogens (tertiary/aromatic N) is 3. The zero-order valence-electron chi connectivity index (χ0n) is 14.8. The van der Waals surface area contributed by atoms with Gasteiger partial charge in [0.25, 0.3) is 5.91 Å². The van der Waals surface area contributed by atoms with Crippen molar-refractivity contribution >= 4 is 40.4 Å². The summed E-state index contributed by atoms with van der Waals surface area (Å²) in [6.07, 6.45) is 0.628. The summed E-state index contributed by atoms with van der Waals surface area (Å²) in [7, 11) is 0. The van der Waals surface area contributed by atoms with E-state index in [0.29, 0.717) is 28.8 Å². The highest BCUT2D eigenvalue weighted by Gasteiger charge is 2.10. The molecule has 1 amide bonds. The first-order valence-corrected chi connectivity index (χ1v) is 9.88. The number of hydrogen-bond acceptors (Lipinski definition) is 5. The predicted octanol–water partition coefficient (Wildman–Crippen LogP) is 3.99. The molecule has 2 aromatic heterocycles. The Morgan fingerprint density at radius 3 is 2.81 bits per heavy atom. The lowest BCUT2D eigenvalue weighted by Crippen LogP contribution is -2.30. The second-order valence-corrected chi connectivity index (χ2v) is 7.60. The Kier molecular flexibility index (Phi) is 6.36. The zero-order chi connectivity index (χ0) is 19.4. The second-order valence-electron chi connectivity index (χ2n) is 5.92. The van der Waals surface area contributed by atoms with Crippen LogP contribution in [0, 0.1) is 13.8 Å². The topological polar surface area (TPSA) is 69.0 Å². The fourth-order valence-corrected chi connectivity index (χ4v) is 3.78. The van der Waals surface area contributed by atoms with Crippen LogP contribution in [0.1, 0.15) is 17.1 Å². The molecule has 1 N–H and O–H groups in total. The first kappa shape index (κ1) is 19.7. The summed E-state index contributed by atoms with van der Waals surface area (Å²) in [5.41, 5.74) is 2.90. The summed E-state index contributed by atoms with van der Waals surface area (Å²) in [6.45, 7) is 4.30. The van der Waals surface area contributed by atoms with Crippen LogP contribution >= 0.6 is 34.5 Å². The van der Waals surface area contributed by atoms with Gasteiger partial charge in [-0.3, -0.25) is 4.79 Å². The standard InChI is InChI=1S/C18H18Cl2N4O2S/c1-11-7-12(2)24(23-11)18-22-14(10-27-18)5-6-21-17(25)9-26-16-4-3-13(19)8-15(16)20/h3-4,7-8,10H,5-6,9H2,1-2H3,(H,21,25). The highest BCUT2D eigenvalue weighted by atomic mass is 35.5. The molecule has 0 radical (unpaired) electrons. The molecule has 3 aromatic rings. The summed E-state index contributed by atoms with van der Waals surface area (Å²) in [6, 6.07) is 6.87. The first-order chi connectivity index (χ1) is 12.9. The Balaban J connectivity index is 1.46. The van der Waals surface area contributed by atoms with E-state index in [9.17, 15) is 4.79 Å². The smallest absolute Gasteiger partial charge is 0.257 e. The maximum Gasteiger partial charge on any atom is 0.257 e. The van der Waals surface area contributed by atoms with Crippen molar-refractivity contribution < 1.29 is 9.53 Å². The normalized spacial score (nSPS) is 10.8. The molecule has 0 bridgehead atoms. The molecule has 9 heteroatoms. The summed E-state index contributed by atoms with van der Waals surface area (Å²) in [5.74, 6) is 0.195. The Bertz CT molecular complexity index is 955. The largest absolute Gasteiger partial charge is 0.482 e. The molecule has 0 saturated carbocycles. The van der Waals surface area contributed by atoms with Crippen molar-refractivity contribution in [1.29, 1.82) is 0 Å². The van der Waals surface area contributed by atoms with Gasteiger partial charge in [-0.05, 0) is 38.1 Å². The molecule has 2 heterocycles. The van der Waals surface area contributed by atoms with Crippen LogP contribution < -0.4 is 10.1 Å². The van der Waals surface area contributed by atoms with Crippen molar-refractivity contribution in [3.05, 3.63) is 56.8 Å².